The molecular weight excluding hydrogens is 308 g/mol. The highest BCUT2D eigenvalue weighted by Crippen LogP contribution is 2.41. The number of carbonyl (C=O) groups excluding carboxylic acids is 2. The highest BCUT2D eigenvalue weighted by molar-refractivity contribution is 5.87. The van der Waals surface area contributed by atoms with Crippen molar-refractivity contribution >= 4 is 11.8 Å². The van der Waals surface area contributed by atoms with E-state index in [2.05, 4.69) is 0 Å². The lowest BCUT2D eigenvalue weighted by molar-refractivity contribution is -0.137. The molecule has 6 nitrogen and oxygen atoms in total. The Hall–Kier alpha value is -2.08. The second-order valence-corrected chi connectivity index (χ2v) is 6.61. The Morgan fingerprint density at radius 1 is 1.25 bits per heavy atom. The van der Waals surface area contributed by atoms with Gasteiger partial charge in [0.1, 0.15) is 12.4 Å². The summed E-state index contributed by atoms with van der Waals surface area (Å²) >= 11 is 0. The molecule has 3 rings (SSSR count). The van der Waals surface area contributed by atoms with Crippen LogP contribution in [0.3, 0.4) is 0 Å². The van der Waals surface area contributed by atoms with Gasteiger partial charge in [-0.25, -0.2) is 0 Å². The zero-order chi connectivity index (χ0) is 17.2. The SMILES string of the molecule is COCC(=O)N1CC[C@@]2(CCN(Cc3cccc(OC)c3)C2=O)C1. The number of benzene rings is 1. The van der Waals surface area contributed by atoms with E-state index in [1.165, 1.54) is 7.11 Å². The Morgan fingerprint density at radius 2 is 2.04 bits per heavy atom. The monoisotopic (exact) mass is 332 g/mol. The van der Waals surface area contributed by atoms with E-state index < -0.39 is 5.41 Å². The molecule has 1 aromatic rings. The van der Waals surface area contributed by atoms with E-state index in [4.69, 9.17) is 9.47 Å². The molecule has 0 aromatic heterocycles. The van der Waals surface area contributed by atoms with Crippen LogP contribution >= 0.6 is 0 Å². The minimum atomic E-state index is -0.401. The first-order valence-electron chi connectivity index (χ1n) is 8.27. The summed E-state index contributed by atoms with van der Waals surface area (Å²) in [7, 11) is 3.15. The third kappa shape index (κ3) is 3.11. The molecular formula is C18H24N2O4. The lowest BCUT2D eigenvalue weighted by Crippen LogP contribution is -2.39. The minimum Gasteiger partial charge on any atom is -0.497 e. The van der Waals surface area contributed by atoms with Crippen molar-refractivity contribution in [1.29, 1.82) is 0 Å². The van der Waals surface area contributed by atoms with Crippen molar-refractivity contribution in [3.8, 4) is 5.75 Å². The lowest BCUT2D eigenvalue weighted by Gasteiger charge is -2.23. The molecule has 0 bridgehead atoms. The fourth-order valence-electron chi connectivity index (χ4n) is 3.71. The summed E-state index contributed by atoms with van der Waals surface area (Å²) in [5.74, 6) is 0.928. The first-order chi connectivity index (χ1) is 11.6. The maximum Gasteiger partial charge on any atom is 0.248 e. The number of nitrogens with zero attached hydrogens (tertiary/aromatic N) is 2. The number of hydrogen-bond acceptors (Lipinski definition) is 4. The Kier molecular flexibility index (Phi) is 4.76. The molecule has 0 saturated carbocycles. The van der Waals surface area contributed by atoms with Gasteiger partial charge < -0.3 is 19.3 Å². The molecule has 2 heterocycles. The third-order valence-corrected chi connectivity index (χ3v) is 5.08. The smallest absolute Gasteiger partial charge is 0.248 e. The lowest BCUT2D eigenvalue weighted by atomic mass is 9.85. The average molecular weight is 332 g/mol. The standard InChI is InChI=1S/C18H24N2O4/c1-23-12-16(21)20-9-7-18(13-20)6-8-19(17(18)22)11-14-4-3-5-15(10-14)24-2/h3-5,10H,6-9,11-13H2,1-2H3/t18-/m0/s1. The molecule has 1 atom stereocenters. The average Bonchev–Trinajstić information content (AvgIpc) is 3.15. The van der Waals surface area contributed by atoms with Crippen LogP contribution in [0.2, 0.25) is 0 Å². The van der Waals surface area contributed by atoms with Crippen molar-refractivity contribution in [2.45, 2.75) is 19.4 Å². The molecule has 1 aromatic carbocycles. The van der Waals surface area contributed by atoms with E-state index in [0.717, 1.165) is 30.7 Å². The fourth-order valence-corrected chi connectivity index (χ4v) is 3.71. The summed E-state index contributed by atoms with van der Waals surface area (Å²) in [4.78, 5) is 28.6. The number of rotatable bonds is 5. The van der Waals surface area contributed by atoms with Crippen LogP contribution in [-0.4, -0.2) is 62.1 Å². The number of hydrogen-bond donors (Lipinski definition) is 0. The molecule has 2 saturated heterocycles. The van der Waals surface area contributed by atoms with Gasteiger partial charge in [0.2, 0.25) is 11.8 Å². The number of likely N-dealkylation sites (tertiary alicyclic amines) is 2. The zero-order valence-electron chi connectivity index (χ0n) is 14.3. The van der Waals surface area contributed by atoms with Crippen LogP contribution in [0.15, 0.2) is 24.3 Å². The minimum absolute atomic E-state index is 0.0339. The predicted octanol–water partition coefficient (Wildman–Crippen LogP) is 1.29. The van der Waals surface area contributed by atoms with E-state index in [1.54, 1.807) is 12.0 Å². The van der Waals surface area contributed by atoms with E-state index in [1.807, 2.05) is 29.2 Å². The highest BCUT2D eigenvalue weighted by Gasteiger charge is 2.51. The van der Waals surface area contributed by atoms with Gasteiger partial charge in [-0.2, -0.15) is 0 Å². The van der Waals surface area contributed by atoms with Gasteiger partial charge in [0, 0.05) is 33.3 Å². The summed E-state index contributed by atoms with van der Waals surface area (Å²) in [5, 5.41) is 0. The zero-order valence-corrected chi connectivity index (χ0v) is 14.3. The Balaban J connectivity index is 1.66. The fraction of sp³-hybridized carbons (Fsp3) is 0.556. The van der Waals surface area contributed by atoms with Crippen LogP contribution in [-0.2, 0) is 20.9 Å². The van der Waals surface area contributed by atoms with Gasteiger partial charge in [-0.3, -0.25) is 9.59 Å². The number of carbonyl (C=O) groups is 2. The van der Waals surface area contributed by atoms with E-state index in [-0.39, 0.29) is 18.4 Å². The van der Waals surface area contributed by atoms with Crippen LogP contribution in [0.5, 0.6) is 5.75 Å². The van der Waals surface area contributed by atoms with Crippen molar-refractivity contribution in [3.63, 3.8) is 0 Å². The predicted molar refractivity (Wildman–Crippen MR) is 88.5 cm³/mol. The maximum atomic E-state index is 12.9. The van der Waals surface area contributed by atoms with Crippen LogP contribution in [0.25, 0.3) is 0 Å². The van der Waals surface area contributed by atoms with Gasteiger partial charge in [0.05, 0.1) is 12.5 Å². The van der Waals surface area contributed by atoms with Gasteiger partial charge in [-0.15, -0.1) is 0 Å². The largest absolute Gasteiger partial charge is 0.497 e. The number of ether oxygens (including phenoxy) is 2. The summed E-state index contributed by atoms with van der Waals surface area (Å²) in [6.07, 6.45) is 1.56. The van der Waals surface area contributed by atoms with Crippen molar-refractivity contribution in [2.24, 2.45) is 5.41 Å². The summed E-state index contributed by atoms with van der Waals surface area (Å²) < 4.78 is 10.2. The van der Waals surface area contributed by atoms with Crippen molar-refractivity contribution < 1.29 is 19.1 Å². The first-order valence-corrected chi connectivity index (χ1v) is 8.27. The van der Waals surface area contributed by atoms with Crippen LogP contribution < -0.4 is 4.74 Å². The Bertz CT molecular complexity index is 633. The second kappa shape index (κ2) is 6.81. The summed E-state index contributed by atoms with van der Waals surface area (Å²) in [5.41, 5.74) is 0.660. The van der Waals surface area contributed by atoms with Crippen molar-refractivity contribution in [1.82, 2.24) is 9.80 Å². The van der Waals surface area contributed by atoms with Gasteiger partial charge in [-0.05, 0) is 30.5 Å². The Morgan fingerprint density at radius 3 is 2.79 bits per heavy atom. The van der Waals surface area contributed by atoms with Gasteiger partial charge in [0.25, 0.3) is 0 Å². The first kappa shape index (κ1) is 16.8. The molecule has 0 unspecified atom stereocenters. The van der Waals surface area contributed by atoms with E-state index in [9.17, 15) is 9.59 Å². The molecule has 6 heteroatoms. The van der Waals surface area contributed by atoms with Crippen LogP contribution in [0.4, 0.5) is 0 Å². The maximum absolute atomic E-state index is 12.9. The number of amides is 2. The molecule has 2 fully saturated rings. The van der Waals surface area contributed by atoms with Crippen molar-refractivity contribution in [3.05, 3.63) is 29.8 Å². The normalized spacial score (nSPS) is 23.3. The molecule has 2 aliphatic rings. The molecule has 24 heavy (non-hydrogen) atoms. The molecule has 0 aliphatic carbocycles. The quantitative estimate of drug-likeness (QED) is 0.815. The molecule has 0 radical (unpaired) electrons. The molecule has 2 aliphatic heterocycles. The molecule has 1 spiro atoms. The van der Waals surface area contributed by atoms with Crippen molar-refractivity contribution in [2.75, 3.05) is 40.5 Å². The van der Waals surface area contributed by atoms with Gasteiger partial charge in [-0.1, -0.05) is 12.1 Å². The topological polar surface area (TPSA) is 59.1 Å². The summed E-state index contributed by atoms with van der Waals surface area (Å²) in [6, 6.07) is 7.80. The van der Waals surface area contributed by atoms with Gasteiger partial charge >= 0.3 is 0 Å². The third-order valence-electron chi connectivity index (χ3n) is 5.08. The van der Waals surface area contributed by atoms with Crippen LogP contribution in [0, 0.1) is 5.41 Å². The molecule has 2 amide bonds. The summed E-state index contributed by atoms with van der Waals surface area (Å²) in [6.45, 7) is 2.56. The number of methoxy groups -OCH3 is 2. The van der Waals surface area contributed by atoms with E-state index >= 15 is 0 Å². The van der Waals surface area contributed by atoms with Crippen LogP contribution in [0.1, 0.15) is 18.4 Å². The van der Waals surface area contributed by atoms with Gasteiger partial charge in [0.15, 0.2) is 0 Å². The second-order valence-electron chi connectivity index (χ2n) is 6.61. The highest BCUT2D eigenvalue weighted by atomic mass is 16.5. The molecule has 0 N–H and O–H groups in total. The van der Waals surface area contributed by atoms with E-state index in [0.29, 0.717) is 19.6 Å². The Labute approximate surface area is 142 Å². The molecule has 130 valence electrons.